The molecule has 0 atom stereocenters. The minimum Gasteiger partial charge on any atom is -0.373 e. The van der Waals surface area contributed by atoms with Gasteiger partial charge in [0.15, 0.2) is 0 Å². The van der Waals surface area contributed by atoms with E-state index in [1.165, 1.54) is 0 Å². The molecule has 0 rings (SSSR count). The molecule has 0 saturated carbocycles. The number of hydrogen-bond donors (Lipinski definition) is 0. The van der Waals surface area contributed by atoms with Gasteiger partial charge in [0.1, 0.15) is 0 Å². The van der Waals surface area contributed by atoms with Crippen molar-refractivity contribution in [2.24, 2.45) is 0 Å². The van der Waals surface area contributed by atoms with Crippen molar-refractivity contribution in [1.82, 2.24) is 4.90 Å². The first-order valence-corrected chi connectivity index (χ1v) is 4.05. The van der Waals surface area contributed by atoms with Crippen LogP contribution < -0.4 is 0 Å². The average Bonchev–Trinajstić information content (AvgIpc) is 1.88. The predicted octanol–water partition coefficient (Wildman–Crippen LogP) is 1.78. The van der Waals surface area contributed by atoms with Crippen LogP contribution in [0.15, 0.2) is 11.6 Å². The van der Waals surface area contributed by atoms with Crippen molar-refractivity contribution < 1.29 is 0 Å². The summed E-state index contributed by atoms with van der Waals surface area (Å²) in [4.78, 5) is 1.99. The first-order valence-electron chi connectivity index (χ1n) is 3.07. The highest BCUT2D eigenvalue weighted by Crippen LogP contribution is 2.13. The molecule has 0 radical (unpaired) electrons. The van der Waals surface area contributed by atoms with E-state index in [2.05, 4.69) is 18.4 Å². The lowest BCUT2D eigenvalue weighted by Gasteiger charge is -2.12. The third-order valence-electron chi connectivity index (χ3n) is 0.987. The molecule has 10 heavy (non-hydrogen) atoms. The average molecular weight is 155 g/mol. The van der Waals surface area contributed by atoms with Gasteiger partial charge in [0.05, 0.1) is 10.8 Å². The van der Waals surface area contributed by atoms with Crippen LogP contribution in [0.5, 0.6) is 0 Å². The van der Waals surface area contributed by atoms with E-state index < -0.39 is 0 Å². The highest BCUT2D eigenvalue weighted by Gasteiger charge is 1.92. The lowest BCUT2D eigenvalue weighted by atomic mass is 10.7. The summed E-state index contributed by atoms with van der Waals surface area (Å²) in [5.41, 5.74) is 0. The van der Waals surface area contributed by atoms with Crippen molar-refractivity contribution in [2.45, 2.75) is 6.92 Å². The van der Waals surface area contributed by atoms with Gasteiger partial charge in [-0.2, -0.15) is 0 Å². The van der Waals surface area contributed by atoms with Gasteiger partial charge in [-0.25, -0.2) is 0 Å². The first kappa shape index (κ1) is 9.45. The van der Waals surface area contributed by atoms with E-state index in [-0.39, 0.29) is 0 Å². The summed E-state index contributed by atoms with van der Waals surface area (Å²) in [7, 11) is 3.96. The Kier molecular flexibility index (Phi) is 4.96. The summed E-state index contributed by atoms with van der Waals surface area (Å²) in [6.07, 6.45) is 0. The van der Waals surface area contributed by atoms with Crippen molar-refractivity contribution in [3.8, 4) is 11.8 Å². The van der Waals surface area contributed by atoms with Gasteiger partial charge in [-0.3, -0.25) is 0 Å². The minimum atomic E-state index is 0.841. The molecule has 0 aliphatic rings. The number of hydrogen-bond acceptors (Lipinski definition) is 2. The standard InChI is InChI=1S/C8H13NS/c1-5-6-7-10-8(2)9(3)4/h2,7H2,1,3-4H3. The van der Waals surface area contributed by atoms with Crippen LogP contribution in [0.25, 0.3) is 0 Å². The maximum atomic E-state index is 3.85. The van der Waals surface area contributed by atoms with Crippen molar-refractivity contribution in [1.29, 1.82) is 0 Å². The molecule has 0 aromatic carbocycles. The quantitative estimate of drug-likeness (QED) is 0.571. The summed E-state index contributed by atoms with van der Waals surface area (Å²) < 4.78 is 0. The minimum absolute atomic E-state index is 0.841. The zero-order chi connectivity index (χ0) is 7.98. The van der Waals surface area contributed by atoms with Crippen molar-refractivity contribution in [3.05, 3.63) is 11.6 Å². The van der Waals surface area contributed by atoms with Crippen molar-refractivity contribution in [2.75, 3.05) is 19.8 Å². The van der Waals surface area contributed by atoms with Gasteiger partial charge >= 0.3 is 0 Å². The Hall–Kier alpha value is -0.550. The maximum Gasteiger partial charge on any atom is 0.0638 e. The molecule has 0 aliphatic heterocycles. The smallest absolute Gasteiger partial charge is 0.0638 e. The van der Waals surface area contributed by atoms with E-state index in [4.69, 9.17) is 0 Å². The van der Waals surface area contributed by atoms with Gasteiger partial charge in [-0.1, -0.05) is 24.3 Å². The Labute approximate surface area is 67.5 Å². The van der Waals surface area contributed by atoms with Crippen molar-refractivity contribution >= 4 is 11.8 Å². The van der Waals surface area contributed by atoms with Gasteiger partial charge in [0.2, 0.25) is 0 Å². The molecule has 0 saturated heterocycles. The molecule has 0 fully saturated rings. The Morgan fingerprint density at radius 2 is 2.20 bits per heavy atom. The summed E-state index contributed by atoms with van der Waals surface area (Å²) in [5, 5.41) is 1.06. The lowest BCUT2D eigenvalue weighted by Crippen LogP contribution is -2.06. The molecule has 0 amide bonds. The molecule has 0 aromatic heterocycles. The molecule has 2 heteroatoms. The third kappa shape index (κ3) is 4.34. The first-order chi connectivity index (χ1) is 4.68. The molecule has 1 nitrogen and oxygen atoms in total. The van der Waals surface area contributed by atoms with Crippen LogP contribution in [0.1, 0.15) is 6.92 Å². The highest BCUT2D eigenvalue weighted by atomic mass is 32.2. The van der Waals surface area contributed by atoms with Gasteiger partial charge in [0.25, 0.3) is 0 Å². The van der Waals surface area contributed by atoms with Crippen LogP contribution in [-0.2, 0) is 0 Å². The molecule has 56 valence electrons. The third-order valence-corrected chi connectivity index (χ3v) is 1.97. The molecular weight excluding hydrogens is 142 g/mol. The largest absolute Gasteiger partial charge is 0.373 e. The molecule has 0 unspecified atom stereocenters. The van der Waals surface area contributed by atoms with Gasteiger partial charge < -0.3 is 4.90 Å². The molecular formula is C8H13NS. The fourth-order valence-corrected chi connectivity index (χ4v) is 0.962. The van der Waals surface area contributed by atoms with Crippen LogP contribution in [0.2, 0.25) is 0 Å². The monoisotopic (exact) mass is 155 g/mol. The van der Waals surface area contributed by atoms with Crippen LogP contribution in [0.3, 0.4) is 0 Å². The molecule has 0 bridgehead atoms. The van der Waals surface area contributed by atoms with E-state index in [1.54, 1.807) is 11.8 Å². The summed E-state index contributed by atoms with van der Waals surface area (Å²) >= 11 is 1.67. The zero-order valence-corrected chi connectivity index (χ0v) is 7.59. The van der Waals surface area contributed by atoms with E-state index in [0.29, 0.717) is 0 Å². The zero-order valence-electron chi connectivity index (χ0n) is 6.77. The topological polar surface area (TPSA) is 3.24 Å². The molecule has 0 N–H and O–H groups in total. The van der Waals surface area contributed by atoms with Crippen LogP contribution in [-0.4, -0.2) is 24.7 Å². The maximum absolute atomic E-state index is 3.85. The van der Waals surface area contributed by atoms with Crippen molar-refractivity contribution in [3.63, 3.8) is 0 Å². The van der Waals surface area contributed by atoms with E-state index in [0.717, 1.165) is 10.8 Å². The fourth-order valence-electron chi connectivity index (χ4n) is 0.321. The molecule has 0 aliphatic carbocycles. The Balaban J connectivity index is 3.47. The van der Waals surface area contributed by atoms with E-state index in [9.17, 15) is 0 Å². The van der Waals surface area contributed by atoms with Crippen LogP contribution in [0.4, 0.5) is 0 Å². The molecule has 0 spiro atoms. The summed E-state index contributed by atoms with van der Waals surface area (Å²) in [6.45, 7) is 5.69. The number of rotatable bonds is 3. The number of nitrogens with zero attached hydrogens (tertiary/aromatic N) is 1. The predicted molar refractivity (Wildman–Crippen MR) is 48.7 cm³/mol. The second kappa shape index (κ2) is 5.25. The van der Waals surface area contributed by atoms with Gasteiger partial charge in [-0.05, 0) is 6.92 Å². The Morgan fingerprint density at radius 1 is 1.60 bits per heavy atom. The second-order valence-corrected chi connectivity index (χ2v) is 3.05. The highest BCUT2D eigenvalue weighted by molar-refractivity contribution is 8.03. The number of thioether (sulfide) groups is 1. The second-order valence-electron chi connectivity index (χ2n) is 2.00. The molecule has 0 heterocycles. The van der Waals surface area contributed by atoms with E-state index >= 15 is 0 Å². The van der Waals surface area contributed by atoms with Crippen LogP contribution in [0, 0.1) is 11.8 Å². The summed E-state index contributed by atoms with van der Waals surface area (Å²) in [5.74, 6) is 6.63. The fraction of sp³-hybridized carbons (Fsp3) is 0.500. The lowest BCUT2D eigenvalue weighted by molar-refractivity contribution is 0.552. The van der Waals surface area contributed by atoms with Gasteiger partial charge in [0, 0.05) is 14.1 Å². The van der Waals surface area contributed by atoms with E-state index in [1.807, 2.05) is 25.9 Å². The molecule has 0 aromatic rings. The van der Waals surface area contributed by atoms with Crippen LogP contribution >= 0.6 is 11.8 Å². The summed E-state index contributed by atoms with van der Waals surface area (Å²) in [6, 6.07) is 0. The normalized spacial score (nSPS) is 7.90. The van der Waals surface area contributed by atoms with Gasteiger partial charge in [-0.15, -0.1) is 5.92 Å². The SMILES string of the molecule is C=C(SCC#CC)N(C)C. The Morgan fingerprint density at radius 3 is 2.60 bits per heavy atom. The Bertz CT molecular complexity index is 162.